The number of hydrogen-bond donors (Lipinski definition) is 0. The molecule has 0 radical (unpaired) electrons. The Morgan fingerprint density at radius 1 is 1.21 bits per heavy atom. The summed E-state index contributed by atoms with van der Waals surface area (Å²) >= 11 is 5.77. The van der Waals surface area contributed by atoms with Crippen LogP contribution in [0.4, 0.5) is 0 Å². The zero-order chi connectivity index (χ0) is 14.5. The molecule has 1 fully saturated rings. The second-order valence-corrected chi connectivity index (χ2v) is 8.54. The van der Waals surface area contributed by atoms with Crippen molar-refractivity contribution in [2.45, 2.75) is 58.9 Å². The van der Waals surface area contributed by atoms with Gasteiger partial charge in [-0.1, -0.05) is 33.6 Å². The van der Waals surface area contributed by atoms with Crippen LogP contribution in [-0.2, 0) is 10.0 Å². The number of halogens is 1. The Hall–Kier alpha value is 0.200. The van der Waals surface area contributed by atoms with E-state index in [4.69, 9.17) is 11.6 Å². The molecule has 0 aromatic carbocycles. The van der Waals surface area contributed by atoms with E-state index in [2.05, 4.69) is 13.8 Å². The molecule has 5 heteroatoms. The van der Waals surface area contributed by atoms with Gasteiger partial charge in [0.05, 0.1) is 5.75 Å². The molecule has 19 heavy (non-hydrogen) atoms. The van der Waals surface area contributed by atoms with Crippen molar-refractivity contribution in [1.29, 1.82) is 0 Å². The first-order chi connectivity index (χ1) is 8.86. The summed E-state index contributed by atoms with van der Waals surface area (Å²) in [4.78, 5) is 0. The van der Waals surface area contributed by atoms with Gasteiger partial charge in [0.15, 0.2) is 0 Å². The molecule has 0 spiro atoms. The summed E-state index contributed by atoms with van der Waals surface area (Å²) in [6.45, 7) is 6.85. The normalized spacial score (nSPS) is 19.5. The average Bonchev–Trinajstić information content (AvgIpc) is 2.81. The van der Waals surface area contributed by atoms with Crippen LogP contribution in [-0.4, -0.2) is 36.9 Å². The summed E-state index contributed by atoms with van der Waals surface area (Å²) in [6, 6.07) is 0.228. The van der Waals surface area contributed by atoms with Crippen molar-refractivity contribution in [3.63, 3.8) is 0 Å². The van der Waals surface area contributed by atoms with Crippen LogP contribution in [0.1, 0.15) is 52.9 Å². The quantitative estimate of drug-likeness (QED) is 0.644. The zero-order valence-electron chi connectivity index (χ0n) is 12.4. The summed E-state index contributed by atoms with van der Waals surface area (Å²) in [6.07, 6.45) is 5.29. The van der Waals surface area contributed by atoms with Crippen LogP contribution in [0.15, 0.2) is 0 Å². The van der Waals surface area contributed by atoms with Crippen molar-refractivity contribution in [2.24, 2.45) is 11.8 Å². The fraction of sp³-hybridized carbons (Fsp3) is 1.00. The van der Waals surface area contributed by atoms with Gasteiger partial charge in [-0.15, -0.1) is 11.6 Å². The van der Waals surface area contributed by atoms with Crippen molar-refractivity contribution in [1.82, 2.24) is 4.31 Å². The van der Waals surface area contributed by atoms with Crippen molar-refractivity contribution < 1.29 is 8.42 Å². The lowest BCUT2D eigenvalue weighted by Crippen LogP contribution is -2.42. The minimum Gasteiger partial charge on any atom is -0.212 e. The van der Waals surface area contributed by atoms with E-state index in [1.807, 2.05) is 6.92 Å². The van der Waals surface area contributed by atoms with E-state index in [1.165, 1.54) is 0 Å². The van der Waals surface area contributed by atoms with Crippen molar-refractivity contribution in [2.75, 3.05) is 18.2 Å². The molecule has 3 nitrogen and oxygen atoms in total. The fourth-order valence-corrected chi connectivity index (χ4v) is 4.94. The standard InChI is InChI=1S/C14H28ClNO2S/c1-12(2)8-9-16(14-6-4-5-7-14)19(17,18)11-13(3)10-15/h12-14H,4-11H2,1-3H3. The Balaban J connectivity index is 2.75. The maximum atomic E-state index is 12.6. The highest BCUT2D eigenvalue weighted by Crippen LogP contribution is 2.27. The number of nitrogens with zero attached hydrogens (tertiary/aromatic N) is 1. The second-order valence-electron chi connectivity index (χ2n) is 6.27. The predicted octanol–water partition coefficient (Wildman–Crippen LogP) is 3.48. The van der Waals surface area contributed by atoms with Gasteiger partial charge in [-0.2, -0.15) is 4.31 Å². The third-order valence-electron chi connectivity index (χ3n) is 3.77. The van der Waals surface area contributed by atoms with E-state index in [9.17, 15) is 8.42 Å². The monoisotopic (exact) mass is 309 g/mol. The topological polar surface area (TPSA) is 37.4 Å². The first kappa shape index (κ1) is 17.3. The van der Waals surface area contributed by atoms with Crippen LogP contribution in [0.3, 0.4) is 0 Å². The van der Waals surface area contributed by atoms with E-state index in [0.29, 0.717) is 18.3 Å². The zero-order valence-corrected chi connectivity index (χ0v) is 14.0. The molecule has 1 unspecified atom stereocenters. The molecular formula is C14H28ClNO2S. The van der Waals surface area contributed by atoms with Gasteiger partial charge >= 0.3 is 0 Å². The van der Waals surface area contributed by atoms with Gasteiger partial charge in [-0.05, 0) is 31.1 Å². The molecule has 0 heterocycles. The van der Waals surface area contributed by atoms with E-state index in [-0.39, 0.29) is 17.7 Å². The molecule has 0 aromatic rings. The lowest BCUT2D eigenvalue weighted by atomic mass is 10.1. The highest BCUT2D eigenvalue weighted by molar-refractivity contribution is 7.89. The molecule has 0 amide bonds. The number of alkyl halides is 1. The van der Waals surface area contributed by atoms with Crippen LogP contribution in [0.2, 0.25) is 0 Å². The van der Waals surface area contributed by atoms with Gasteiger partial charge in [0.1, 0.15) is 0 Å². The number of rotatable bonds is 8. The summed E-state index contributed by atoms with van der Waals surface area (Å²) in [7, 11) is -3.16. The summed E-state index contributed by atoms with van der Waals surface area (Å²) < 4.78 is 26.9. The summed E-state index contributed by atoms with van der Waals surface area (Å²) in [5.41, 5.74) is 0. The lowest BCUT2D eigenvalue weighted by molar-refractivity contribution is 0.303. The number of hydrogen-bond acceptors (Lipinski definition) is 2. The van der Waals surface area contributed by atoms with Crippen molar-refractivity contribution in [3.8, 4) is 0 Å². The first-order valence-corrected chi connectivity index (χ1v) is 9.56. The van der Waals surface area contributed by atoms with Gasteiger partial charge in [0, 0.05) is 18.5 Å². The Morgan fingerprint density at radius 2 is 1.79 bits per heavy atom. The summed E-state index contributed by atoms with van der Waals surface area (Å²) in [5.74, 6) is 1.15. The molecule has 0 saturated heterocycles. The highest BCUT2D eigenvalue weighted by atomic mass is 35.5. The molecule has 0 bridgehead atoms. The van der Waals surface area contributed by atoms with Crippen LogP contribution in [0, 0.1) is 11.8 Å². The third-order valence-corrected chi connectivity index (χ3v) is 6.49. The van der Waals surface area contributed by atoms with Gasteiger partial charge in [-0.3, -0.25) is 0 Å². The molecule has 1 aliphatic rings. The fourth-order valence-electron chi connectivity index (χ4n) is 2.63. The van der Waals surface area contributed by atoms with Gasteiger partial charge in [0.2, 0.25) is 10.0 Å². The largest absolute Gasteiger partial charge is 0.214 e. The predicted molar refractivity (Wildman–Crippen MR) is 82.1 cm³/mol. The summed E-state index contributed by atoms with van der Waals surface area (Å²) in [5, 5.41) is 0. The Bertz CT molecular complexity index is 350. The number of sulfonamides is 1. The Labute approximate surface area is 123 Å². The maximum absolute atomic E-state index is 12.6. The average molecular weight is 310 g/mol. The molecule has 0 aromatic heterocycles. The smallest absolute Gasteiger partial charge is 0.212 e. The Morgan fingerprint density at radius 3 is 2.26 bits per heavy atom. The minimum absolute atomic E-state index is 0.0228. The van der Waals surface area contributed by atoms with Crippen LogP contribution >= 0.6 is 11.6 Å². The van der Waals surface area contributed by atoms with Crippen molar-refractivity contribution >= 4 is 21.6 Å². The molecule has 1 saturated carbocycles. The van der Waals surface area contributed by atoms with E-state index in [1.54, 1.807) is 4.31 Å². The van der Waals surface area contributed by atoms with E-state index < -0.39 is 10.0 Å². The van der Waals surface area contributed by atoms with Gasteiger partial charge in [0.25, 0.3) is 0 Å². The van der Waals surface area contributed by atoms with E-state index in [0.717, 1.165) is 32.1 Å². The maximum Gasteiger partial charge on any atom is 0.214 e. The molecule has 1 aliphatic carbocycles. The first-order valence-electron chi connectivity index (χ1n) is 7.42. The molecule has 1 rings (SSSR count). The van der Waals surface area contributed by atoms with Crippen LogP contribution in [0.25, 0.3) is 0 Å². The van der Waals surface area contributed by atoms with Gasteiger partial charge < -0.3 is 0 Å². The molecular weight excluding hydrogens is 282 g/mol. The molecule has 0 N–H and O–H groups in total. The minimum atomic E-state index is -3.16. The molecule has 1 atom stereocenters. The Kier molecular flexibility index (Phi) is 7.12. The van der Waals surface area contributed by atoms with Crippen molar-refractivity contribution in [3.05, 3.63) is 0 Å². The van der Waals surface area contributed by atoms with E-state index >= 15 is 0 Å². The highest BCUT2D eigenvalue weighted by Gasteiger charge is 2.32. The molecule has 0 aliphatic heterocycles. The van der Waals surface area contributed by atoms with Gasteiger partial charge in [-0.25, -0.2) is 8.42 Å². The van der Waals surface area contributed by atoms with Crippen LogP contribution < -0.4 is 0 Å². The SMILES string of the molecule is CC(C)CCN(C1CCCC1)S(=O)(=O)CC(C)CCl. The lowest BCUT2D eigenvalue weighted by Gasteiger charge is -2.29. The third kappa shape index (κ3) is 5.60. The van der Waals surface area contributed by atoms with Crippen LogP contribution in [0.5, 0.6) is 0 Å². The second kappa shape index (κ2) is 7.84. The molecule has 114 valence electrons.